The molecule has 0 aromatic heterocycles. The predicted molar refractivity (Wildman–Crippen MR) is 147 cm³/mol. The molecule has 2 heterocycles. The summed E-state index contributed by atoms with van der Waals surface area (Å²) < 4.78 is 61.1. The zero-order valence-electron chi connectivity index (χ0n) is 23.5. The van der Waals surface area contributed by atoms with Crippen LogP contribution >= 0.6 is 0 Å². The van der Waals surface area contributed by atoms with Crippen LogP contribution in [0.5, 0.6) is 5.75 Å². The van der Waals surface area contributed by atoms with Gasteiger partial charge in [-0.25, -0.2) is 13.2 Å². The van der Waals surface area contributed by atoms with Gasteiger partial charge in [0.15, 0.2) is 9.84 Å². The van der Waals surface area contributed by atoms with E-state index >= 15 is 0 Å². The van der Waals surface area contributed by atoms with Crippen LogP contribution in [0.1, 0.15) is 49.0 Å². The summed E-state index contributed by atoms with van der Waals surface area (Å²) in [6.07, 6.45) is -0.711. The summed E-state index contributed by atoms with van der Waals surface area (Å²) in [5.74, 6) is -1.28. The molecule has 1 spiro atoms. The summed E-state index contributed by atoms with van der Waals surface area (Å²) in [6, 6.07) is 14.6. The van der Waals surface area contributed by atoms with Crippen LogP contribution in [0.3, 0.4) is 0 Å². The van der Waals surface area contributed by atoms with Crippen LogP contribution in [-0.2, 0) is 21.2 Å². The highest BCUT2D eigenvalue weighted by Gasteiger charge is 2.42. The number of carboxylic acid groups (broad SMARTS) is 1. The third-order valence-electron chi connectivity index (χ3n) is 7.35. The second-order valence-electron chi connectivity index (χ2n) is 11.2. The number of sulfone groups is 1. The second-order valence-corrected chi connectivity index (χ2v) is 13.2. The number of halogens is 3. The van der Waals surface area contributed by atoms with E-state index in [-0.39, 0.29) is 16.2 Å². The van der Waals surface area contributed by atoms with Gasteiger partial charge in [0.25, 0.3) is 5.91 Å². The van der Waals surface area contributed by atoms with E-state index in [0.717, 1.165) is 64.3 Å². The number of likely N-dealkylation sites (tertiary alicyclic amines) is 2. The molecule has 2 fully saturated rings. The van der Waals surface area contributed by atoms with Crippen molar-refractivity contribution in [3.05, 3.63) is 59.7 Å². The Kier molecular flexibility index (Phi) is 10.5. The average molecular weight is 599 g/mol. The molecule has 2 aromatic rings. The Bertz CT molecular complexity index is 1300. The van der Waals surface area contributed by atoms with Crippen LogP contribution < -0.4 is 4.74 Å². The highest BCUT2D eigenvalue weighted by Crippen LogP contribution is 2.41. The summed E-state index contributed by atoms with van der Waals surface area (Å²) in [5.41, 5.74) is 1.98. The number of alkyl halides is 3. The van der Waals surface area contributed by atoms with Gasteiger partial charge in [-0.2, -0.15) is 13.2 Å². The topological polar surface area (TPSA) is 104 Å². The summed E-state index contributed by atoms with van der Waals surface area (Å²) in [5, 5.41) is 7.12. The van der Waals surface area contributed by atoms with E-state index in [4.69, 9.17) is 14.6 Å². The van der Waals surface area contributed by atoms with Crippen LogP contribution in [0.2, 0.25) is 0 Å². The van der Waals surface area contributed by atoms with Gasteiger partial charge in [-0.1, -0.05) is 32.0 Å². The van der Waals surface area contributed by atoms with Crippen LogP contribution in [0.4, 0.5) is 13.2 Å². The lowest BCUT2D eigenvalue weighted by Crippen LogP contribution is -2.42. The number of hydrogen-bond acceptors (Lipinski definition) is 6. The first-order valence-corrected chi connectivity index (χ1v) is 15.3. The fourth-order valence-corrected chi connectivity index (χ4v) is 5.63. The molecule has 226 valence electrons. The Morgan fingerprint density at radius 2 is 1.56 bits per heavy atom. The molecule has 2 aliphatic rings. The number of ether oxygens (including phenoxy) is 1. The molecular formula is C29H37F3N2O6S. The Morgan fingerprint density at radius 3 is 2.10 bits per heavy atom. The maximum absolute atomic E-state index is 13.0. The monoisotopic (exact) mass is 598 g/mol. The molecule has 0 saturated carbocycles. The van der Waals surface area contributed by atoms with Crippen LogP contribution in [-0.4, -0.2) is 80.4 Å². The largest absolute Gasteiger partial charge is 0.493 e. The van der Waals surface area contributed by atoms with Crippen molar-refractivity contribution in [1.82, 2.24) is 9.80 Å². The molecule has 0 bridgehead atoms. The Morgan fingerprint density at radius 1 is 1.00 bits per heavy atom. The van der Waals surface area contributed by atoms with E-state index in [0.29, 0.717) is 11.5 Å². The third kappa shape index (κ3) is 9.19. The molecule has 1 amide bonds. The smallest absolute Gasteiger partial charge is 0.490 e. The van der Waals surface area contributed by atoms with Crippen molar-refractivity contribution >= 4 is 21.7 Å². The minimum Gasteiger partial charge on any atom is -0.493 e. The van der Waals surface area contributed by atoms with Crippen molar-refractivity contribution in [2.24, 2.45) is 11.3 Å². The number of carboxylic acids is 1. The number of benzene rings is 2. The zero-order valence-corrected chi connectivity index (χ0v) is 24.3. The van der Waals surface area contributed by atoms with E-state index in [1.807, 2.05) is 11.0 Å². The second kappa shape index (κ2) is 13.2. The lowest BCUT2D eigenvalue weighted by Gasteiger charge is -2.39. The van der Waals surface area contributed by atoms with Crippen LogP contribution in [0, 0.1) is 11.3 Å². The molecule has 4 rings (SSSR count). The highest BCUT2D eigenvalue weighted by molar-refractivity contribution is 7.90. The normalized spacial score (nSPS) is 17.3. The fraction of sp³-hybridized carbons (Fsp3) is 0.517. The van der Waals surface area contributed by atoms with Gasteiger partial charge in [0.05, 0.1) is 11.5 Å². The number of amides is 1. The van der Waals surface area contributed by atoms with Gasteiger partial charge in [0, 0.05) is 37.0 Å². The summed E-state index contributed by atoms with van der Waals surface area (Å²) >= 11 is 0. The third-order valence-corrected chi connectivity index (χ3v) is 8.48. The Balaban J connectivity index is 0.000000587. The minimum atomic E-state index is -5.08. The Hall–Kier alpha value is -3.12. The zero-order chi connectivity index (χ0) is 30.4. The molecule has 0 aliphatic carbocycles. The minimum absolute atomic E-state index is 0.00409. The summed E-state index contributed by atoms with van der Waals surface area (Å²) in [7, 11) is -3.26. The number of aliphatic carboxylic acids is 1. The molecule has 1 N–H and O–H groups in total. The van der Waals surface area contributed by atoms with E-state index in [1.165, 1.54) is 24.0 Å². The van der Waals surface area contributed by atoms with Gasteiger partial charge in [-0.05, 0) is 74.0 Å². The maximum atomic E-state index is 13.0. The van der Waals surface area contributed by atoms with Gasteiger partial charge >= 0.3 is 12.1 Å². The number of para-hydroxylation sites is 1. The van der Waals surface area contributed by atoms with Crippen molar-refractivity contribution in [3.8, 4) is 5.75 Å². The van der Waals surface area contributed by atoms with Crippen molar-refractivity contribution in [3.63, 3.8) is 0 Å². The van der Waals surface area contributed by atoms with Crippen molar-refractivity contribution in [1.29, 1.82) is 0 Å². The molecule has 12 heteroatoms. The van der Waals surface area contributed by atoms with E-state index in [1.54, 1.807) is 12.1 Å². The molecule has 2 aliphatic heterocycles. The quantitative estimate of drug-likeness (QED) is 0.484. The molecule has 2 aromatic carbocycles. The van der Waals surface area contributed by atoms with Gasteiger partial charge in [-0.3, -0.25) is 9.69 Å². The first-order chi connectivity index (χ1) is 19.1. The number of rotatable bonds is 7. The highest BCUT2D eigenvalue weighted by atomic mass is 32.2. The Labute approximate surface area is 239 Å². The van der Waals surface area contributed by atoms with Crippen molar-refractivity contribution in [2.75, 3.05) is 39.0 Å². The van der Waals surface area contributed by atoms with Crippen LogP contribution in [0.15, 0.2) is 53.4 Å². The van der Waals surface area contributed by atoms with Gasteiger partial charge < -0.3 is 14.7 Å². The standard InChI is InChI=1S/C27H36N2O4S.C2HF3O2/c1-21(2)19-33-25-7-5-4-6-23(25)18-28-15-12-27(13-16-28)14-17-29(20-27)26(30)22-8-10-24(11-9-22)34(3,31)32;3-2(4,5)1(6)7/h4-11,21H,12-20H2,1-3H3;(H,6,7). The maximum Gasteiger partial charge on any atom is 0.490 e. The lowest BCUT2D eigenvalue weighted by molar-refractivity contribution is -0.192. The number of nitrogens with zero attached hydrogens (tertiary/aromatic N) is 2. The van der Waals surface area contributed by atoms with E-state index in [9.17, 15) is 26.4 Å². The molecule has 0 atom stereocenters. The molecule has 41 heavy (non-hydrogen) atoms. The SMILES string of the molecule is CC(C)COc1ccccc1CN1CCC2(CC1)CCN(C(=O)c1ccc(S(C)(=O)=O)cc1)C2.O=C(O)C(F)(F)F. The first kappa shape index (κ1) is 32.4. The summed E-state index contributed by atoms with van der Waals surface area (Å²) in [4.78, 5) is 26.6. The molecule has 0 unspecified atom stereocenters. The van der Waals surface area contributed by atoms with E-state index in [2.05, 4.69) is 36.9 Å². The summed E-state index contributed by atoms with van der Waals surface area (Å²) in [6.45, 7) is 9.51. The van der Waals surface area contributed by atoms with E-state index < -0.39 is 22.0 Å². The number of carbonyl (C=O) groups excluding carboxylic acids is 1. The van der Waals surface area contributed by atoms with Crippen molar-refractivity contribution < 1.29 is 41.0 Å². The van der Waals surface area contributed by atoms with Gasteiger partial charge in [-0.15, -0.1) is 0 Å². The fourth-order valence-electron chi connectivity index (χ4n) is 5.00. The first-order valence-electron chi connectivity index (χ1n) is 13.4. The molecule has 8 nitrogen and oxygen atoms in total. The van der Waals surface area contributed by atoms with Crippen molar-refractivity contribution in [2.45, 2.75) is 50.7 Å². The molecule has 0 radical (unpaired) electrons. The average Bonchev–Trinajstić information content (AvgIpc) is 3.32. The number of hydrogen-bond donors (Lipinski definition) is 1. The molecular weight excluding hydrogens is 561 g/mol. The predicted octanol–water partition coefficient (Wildman–Crippen LogP) is 4.89. The number of piperidine rings is 1. The van der Waals surface area contributed by atoms with Gasteiger partial charge in [0.1, 0.15) is 5.75 Å². The van der Waals surface area contributed by atoms with Crippen LogP contribution in [0.25, 0.3) is 0 Å². The number of carbonyl (C=O) groups is 2. The van der Waals surface area contributed by atoms with Gasteiger partial charge in [0.2, 0.25) is 0 Å². The lowest BCUT2D eigenvalue weighted by atomic mass is 9.77. The molecule has 2 saturated heterocycles.